The number of nitrogens with zero attached hydrogens (tertiary/aromatic N) is 4. The van der Waals surface area contributed by atoms with Crippen molar-refractivity contribution in [3.05, 3.63) is 99.2 Å². The molecular formula is C33H29ClF6N6O3Si. The van der Waals surface area contributed by atoms with Crippen LogP contribution in [0, 0.1) is 17.6 Å². The molecule has 9 nitrogen and oxygen atoms in total. The van der Waals surface area contributed by atoms with Crippen LogP contribution in [0.4, 0.5) is 32.0 Å². The van der Waals surface area contributed by atoms with E-state index in [2.05, 4.69) is 40.5 Å². The maximum atomic E-state index is 15.6. The summed E-state index contributed by atoms with van der Waals surface area (Å²) in [5.74, 6) is -4.77. The van der Waals surface area contributed by atoms with Gasteiger partial charge in [-0.25, -0.2) is 13.5 Å². The van der Waals surface area contributed by atoms with Gasteiger partial charge in [-0.15, -0.1) is 5.10 Å². The summed E-state index contributed by atoms with van der Waals surface area (Å²) in [5.41, 5.74) is -1.94. The SMILES string of the molecule is Cn1nc2c(-c3cn(COCC[Si](C)(C)C)nc3F)cc(NC(=O)c3cc(F)cc(C(F)(F)F)c3)c3c2c1C(=O)NC3c1cc(F)ccc1Cl. The first kappa shape index (κ1) is 35.2. The Morgan fingerprint density at radius 2 is 1.78 bits per heavy atom. The predicted molar refractivity (Wildman–Crippen MR) is 176 cm³/mol. The van der Waals surface area contributed by atoms with Crippen molar-refractivity contribution in [2.24, 2.45) is 7.05 Å². The second-order valence-electron chi connectivity index (χ2n) is 13.1. The summed E-state index contributed by atoms with van der Waals surface area (Å²) < 4.78 is 93.2. The molecule has 0 radical (unpaired) electrons. The molecule has 0 bridgehead atoms. The third-order valence-electron chi connectivity index (χ3n) is 8.16. The lowest BCUT2D eigenvalue weighted by atomic mass is 9.87. The van der Waals surface area contributed by atoms with E-state index >= 15 is 4.39 Å². The van der Waals surface area contributed by atoms with Crippen LogP contribution in [0.25, 0.3) is 22.0 Å². The molecule has 3 aromatic carbocycles. The van der Waals surface area contributed by atoms with Gasteiger partial charge in [0.1, 0.15) is 29.6 Å². The van der Waals surface area contributed by atoms with Crippen LogP contribution in [-0.4, -0.2) is 46.1 Å². The van der Waals surface area contributed by atoms with Crippen LogP contribution >= 0.6 is 11.6 Å². The molecule has 5 aromatic rings. The maximum absolute atomic E-state index is 15.6. The molecule has 6 rings (SSSR count). The van der Waals surface area contributed by atoms with Crippen molar-refractivity contribution in [3.8, 4) is 11.1 Å². The topological polar surface area (TPSA) is 103 Å². The summed E-state index contributed by atoms with van der Waals surface area (Å²) in [5, 5.41) is 13.8. The second kappa shape index (κ2) is 12.9. The number of aromatic nitrogens is 4. The van der Waals surface area contributed by atoms with Gasteiger partial charge in [-0.3, -0.25) is 14.3 Å². The van der Waals surface area contributed by atoms with Crippen LogP contribution in [0.15, 0.2) is 48.7 Å². The van der Waals surface area contributed by atoms with E-state index in [1.165, 1.54) is 34.7 Å². The summed E-state index contributed by atoms with van der Waals surface area (Å²) in [6.45, 7) is 6.89. The van der Waals surface area contributed by atoms with E-state index in [4.69, 9.17) is 16.3 Å². The fraction of sp³-hybridized carbons (Fsp3) is 0.273. The third kappa shape index (κ3) is 6.87. The number of carbonyl (C=O) groups is 2. The lowest BCUT2D eigenvalue weighted by Crippen LogP contribution is -2.35. The van der Waals surface area contributed by atoms with Crippen molar-refractivity contribution in [3.63, 3.8) is 0 Å². The molecule has 0 spiro atoms. The number of alkyl halides is 3. The van der Waals surface area contributed by atoms with Gasteiger partial charge in [-0.05, 0) is 48.5 Å². The molecule has 50 heavy (non-hydrogen) atoms. The molecule has 2 aromatic heterocycles. The smallest absolute Gasteiger partial charge is 0.360 e. The van der Waals surface area contributed by atoms with Crippen molar-refractivity contribution in [2.75, 3.05) is 11.9 Å². The Hall–Kier alpha value is -4.67. The third-order valence-corrected chi connectivity index (χ3v) is 10.2. The van der Waals surface area contributed by atoms with E-state index in [1.54, 1.807) is 0 Å². The van der Waals surface area contributed by atoms with E-state index in [1.807, 2.05) is 0 Å². The molecule has 0 saturated carbocycles. The zero-order chi connectivity index (χ0) is 36.3. The first-order chi connectivity index (χ1) is 23.4. The Bertz CT molecular complexity index is 2180. The number of anilines is 1. The quantitative estimate of drug-likeness (QED) is 0.0910. The molecule has 17 heteroatoms. The molecular weight excluding hydrogens is 706 g/mol. The van der Waals surface area contributed by atoms with E-state index < -0.39 is 60.8 Å². The average Bonchev–Trinajstić information content (AvgIpc) is 3.57. The van der Waals surface area contributed by atoms with Gasteiger partial charge < -0.3 is 15.4 Å². The van der Waals surface area contributed by atoms with Crippen molar-refractivity contribution in [2.45, 2.75) is 44.6 Å². The maximum Gasteiger partial charge on any atom is 0.416 e. The highest BCUT2D eigenvalue weighted by Crippen LogP contribution is 2.46. The highest BCUT2D eigenvalue weighted by molar-refractivity contribution is 6.76. The standard InChI is InChI=1S/C33H29ClF6N6O3Si/c1-45-29-26-25(27(42-32(29)48)21-12-18(35)5-6-23(21)34)24(41-31(47)16-9-17(33(38,39)40)11-19(36)10-16)13-20(28(26)43-45)22-14-46(44-30(22)37)15-49-7-8-50(2,3)4/h5-6,9-14,27H,7-8,15H2,1-4H3,(H,41,47)(H,42,48). The molecule has 1 aliphatic heterocycles. The molecule has 2 amide bonds. The van der Waals surface area contributed by atoms with Crippen molar-refractivity contribution in [1.29, 1.82) is 0 Å². The van der Waals surface area contributed by atoms with Crippen LogP contribution in [0.5, 0.6) is 0 Å². The molecule has 0 fully saturated rings. The Labute approximate surface area is 287 Å². The predicted octanol–water partition coefficient (Wildman–Crippen LogP) is 7.92. The first-order valence-corrected chi connectivity index (χ1v) is 19.3. The number of carbonyl (C=O) groups excluding carboxylic acids is 2. The van der Waals surface area contributed by atoms with Gasteiger partial charge in [0.05, 0.1) is 17.2 Å². The van der Waals surface area contributed by atoms with E-state index in [0.717, 1.165) is 18.2 Å². The van der Waals surface area contributed by atoms with Crippen LogP contribution in [0.1, 0.15) is 43.6 Å². The van der Waals surface area contributed by atoms with Gasteiger partial charge in [0.25, 0.3) is 11.8 Å². The van der Waals surface area contributed by atoms with Gasteiger partial charge in [0, 0.05) is 66.3 Å². The van der Waals surface area contributed by atoms with Crippen molar-refractivity contribution >= 4 is 48.1 Å². The van der Waals surface area contributed by atoms with Crippen LogP contribution in [-0.2, 0) is 24.7 Å². The van der Waals surface area contributed by atoms with Gasteiger partial charge in [0.15, 0.2) is 0 Å². The van der Waals surface area contributed by atoms with Crippen molar-refractivity contribution in [1.82, 2.24) is 24.9 Å². The Morgan fingerprint density at radius 3 is 2.48 bits per heavy atom. The summed E-state index contributed by atoms with van der Waals surface area (Å²) in [4.78, 5) is 27.1. The average molecular weight is 735 g/mol. The minimum Gasteiger partial charge on any atom is -0.360 e. The molecule has 1 atom stereocenters. The number of nitrogens with one attached hydrogen (secondary N) is 2. The minimum atomic E-state index is -4.96. The number of hydrogen-bond donors (Lipinski definition) is 2. The zero-order valence-corrected chi connectivity index (χ0v) is 28.7. The lowest BCUT2D eigenvalue weighted by Gasteiger charge is -2.28. The Morgan fingerprint density at radius 1 is 1.04 bits per heavy atom. The molecule has 1 unspecified atom stereocenters. The molecule has 3 heterocycles. The second-order valence-corrected chi connectivity index (χ2v) is 19.1. The number of aryl methyl sites for hydroxylation is 1. The number of halogens is 7. The highest BCUT2D eigenvalue weighted by atomic mass is 35.5. The van der Waals surface area contributed by atoms with Crippen LogP contribution < -0.4 is 10.6 Å². The van der Waals surface area contributed by atoms with Crippen LogP contribution in [0.3, 0.4) is 0 Å². The van der Waals surface area contributed by atoms with Gasteiger partial charge in [-0.1, -0.05) is 31.2 Å². The summed E-state index contributed by atoms with van der Waals surface area (Å²) in [6, 6.07) is 5.75. The van der Waals surface area contributed by atoms with Gasteiger partial charge in [-0.2, -0.15) is 22.7 Å². The number of rotatable bonds is 9. The largest absolute Gasteiger partial charge is 0.416 e. The number of hydrogen-bond acceptors (Lipinski definition) is 5. The van der Waals surface area contributed by atoms with E-state index in [9.17, 15) is 31.5 Å². The number of ether oxygens (including phenoxy) is 1. The van der Waals surface area contributed by atoms with E-state index in [0.29, 0.717) is 18.7 Å². The Kier molecular flexibility index (Phi) is 9.07. The molecule has 0 aliphatic carbocycles. The summed E-state index contributed by atoms with van der Waals surface area (Å²) in [6.07, 6.45) is -3.60. The van der Waals surface area contributed by atoms with Gasteiger partial charge in [0.2, 0.25) is 5.95 Å². The minimum absolute atomic E-state index is 0.0104. The van der Waals surface area contributed by atoms with Crippen molar-refractivity contribution < 1.29 is 40.7 Å². The Balaban J connectivity index is 1.54. The van der Waals surface area contributed by atoms with Crippen LogP contribution in [0.2, 0.25) is 30.7 Å². The number of amides is 2. The lowest BCUT2D eigenvalue weighted by molar-refractivity contribution is -0.137. The normalized spacial score (nSPS) is 14.7. The molecule has 2 N–H and O–H groups in total. The van der Waals surface area contributed by atoms with E-state index in [-0.39, 0.29) is 62.4 Å². The monoisotopic (exact) mass is 734 g/mol. The van der Waals surface area contributed by atoms with Gasteiger partial charge >= 0.3 is 6.18 Å². The number of benzene rings is 3. The summed E-state index contributed by atoms with van der Waals surface area (Å²) >= 11 is 6.46. The fourth-order valence-corrected chi connectivity index (χ4v) is 6.75. The fourth-order valence-electron chi connectivity index (χ4n) is 5.76. The highest BCUT2D eigenvalue weighted by Gasteiger charge is 2.37. The molecule has 0 saturated heterocycles. The summed E-state index contributed by atoms with van der Waals surface area (Å²) in [7, 11) is 0.0601. The molecule has 262 valence electrons. The first-order valence-electron chi connectivity index (χ1n) is 15.2. The molecule has 1 aliphatic rings. The zero-order valence-electron chi connectivity index (χ0n) is 27.0.